The maximum atomic E-state index is 12.9. The number of hydrogen-bond donors (Lipinski definition) is 1. The summed E-state index contributed by atoms with van der Waals surface area (Å²) in [5, 5.41) is 3.06. The van der Waals surface area contributed by atoms with E-state index in [0.717, 1.165) is 41.8 Å². The van der Waals surface area contributed by atoms with Crippen LogP contribution in [-0.4, -0.2) is 43.2 Å². The zero-order chi connectivity index (χ0) is 23.2. The Morgan fingerprint density at radius 3 is 2.52 bits per heavy atom. The smallest absolute Gasteiger partial charge is 0.225 e. The number of nitrogens with one attached hydrogen (secondary N) is 1. The summed E-state index contributed by atoms with van der Waals surface area (Å²) >= 11 is 0. The zero-order valence-corrected chi connectivity index (χ0v) is 19.4. The van der Waals surface area contributed by atoms with Gasteiger partial charge in [-0.05, 0) is 37.5 Å². The van der Waals surface area contributed by atoms with Gasteiger partial charge in [0.15, 0.2) is 0 Å². The number of carbonyl (C=O) groups is 1. The fourth-order valence-electron chi connectivity index (χ4n) is 4.08. The van der Waals surface area contributed by atoms with E-state index in [9.17, 15) is 4.79 Å². The second kappa shape index (κ2) is 10.3. The molecule has 7 nitrogen and oxygen atoms in total. The zero-order valence-electron chi connectivity index (χ0n) is 19.4. The molecule has 1 saturated heterocycles. The van der Waals surface area contributed by atoms with Gasteiger partial charge < -0.3 is 19.7 Å². The lowest BCUT2D eigenvalue weighted by molar-refractivity contribution is -0.125. The summed E-state index contributed by atoms with van der Waals surface area (Å²) in [4.78, 5) is 24.2. The van der Waals surface area contributed by atoms with Crippen LogP contribution in [0.25, 0.3) is 11.1 Å². The number of nitrogens with zero attached hydrogens (tertiary/aromatic N) is 3. The van der Waals surface area contributed by atoms with Crippen molar-refractivity contribution in [3.05, 3.63) is 66.0 Å². The highest BCUT2D eigenvalue weighted by molar-refractivity contribution is 5.79. The summed E-state index contributed by atoms with van der Waals surface area (Å²) in [6.45, 7) is 3.93. The molecule has 7 heteroatoms. The first-order valence-corrected chi connectivity index (χ1v) is 11.2. The normalized spacial score (nSPS) is 15.7. The van der Waals surface area contributed by atoms with Crippen molar-refractivity contribution in [1.29, 1.82) is 0 Å². The highest BCUT2D eigenvalue weighted by Gasteiger charge is 2.27. The molecule has 0 radical (unpaired) electrons. The lowest BCUT2D eigenvalue weighted by Crippen LogP contribution is -2.43. The van der Waals surface area contributed by atoms with Crippen LogP contribution in [0.3, 0.4) is 0 Å². The molecule has 33 heavy (non-hydrogen) atoms. The quantitative estimate of drug-likeness (QED) is 0.591. The van der Waals surface area contributed by atoms with Crippen LogP contribution in [0.1, 0.15) is 24.0 Å². The molecule has 0 aliphatic carbocycles. The molecule has 1 aliphatic rings. The third-order valence-electron chi connectivity index (χ3n) is 6.05. The summed E-state index contributed by atoms with van der Waals surface area (Å²) in [7, 11) is 3.23. The third-order valence-corrected chi connectivity index (χ3v) is 6.05. The predicted octanol–water partition coefficient (Wildman–Crippen LogP) is 4.00. The number of aryl methyl sites for hydroxylation is 1. The Kier molecular flexibility index (Phi) is 7.07. The molecule has 1 N–H and O–H groups in total. The lowest BCUT2D eigenvalue weighted by Gasteiger charge is -2.32. The first-order chi connectivity index (χ1) is 16.1. The van der Waals surface area contributed by atoms with Crippen molar-refractivity contribution in [2.75, 3.05) is 32.2 Å². The molecule has 1 unspecified atom stereocenters. The number of amides is 1. The summed E-state index contributed by atoms with van der Waals surface area (Å²) < 4.78 is 10.7. The van der Waals surface area contributed by atoms with Crippen LogP contribution < -0.4 is 19.7 Å². The molecule has 0 saturated carbocycles. The monoisotopic (exact) mass is 446 g/mol. The van der Waals surface area contributed by atoms with Gasteiger partial charge >= 0.3 is 0 Å². The molecule has 1 amide bonds. The van der Waals surface area contributed by atoms with Crippen LogP contribution >= 0.6 is 0 Å². The van der Waals surface area contributed by atoms with Crippen LogP contribution in [-0.2, 0) is 11.3 Å². The van der Waals surface area contributed by atoms with Crippen LogP contribution in [0.4, 0.5) is 5.95 Å². The van der Waals surface area contributed by atoms with Crippen molar-refractivity contribution in [3.63, 3.8) is 0 Å². The summed E-state index contributed by atoms with van der Waals surface area (Å²) in [6.07, 6.45) is 5.48. The van der Waals surface area contributed by atoms with E-state index in [1.165, 1.54) is 5.56 Å². The first-order valence-electron chi connectivity index (χ1n) is 11.2. The predicted molar refractivity (Wildman–Crippen MR) is 129 cm³/mol. The van der Waals surface area contributed by atoms with Gasteiger partial charge in [0.25, 0.3) is 0 Å². The van der Waals surface area contributed by atoms with E-state index in [1.807, 2.05) is 30.6 Å². The van der Waals surface area contributed by atoms with Crippen molar-refractivity contribution >= 4 is 11.9 Å². The van der Waals surface area contributed by atoms with E-state index >= 15 is 0 Å². The number of piperidine rings is 1. The number of ether oxygens (including phenoxy) is 2. The maximum Gasteiger partial charge on any atom is 0.225 e. The van der Waals surface area contributed by atoms with Gasteiger partial charge in [-0.25, -0.2) is 9.97 Å². The minimum absolute atomic E-state index is 0.0360. The number of methoxy groups -OCH3 is 2. The SMILES string of the molecule is COc1ccc(CNC(=O)C2CCCN(c3ncc(-c4ccc(C)cc4)cn3)C2)c(OC)c1. The van der Waals surface area contributed by atoms with E-state index in [0.29, 0.717) is 24.8 Å². The minimum atomic E-state index is -0.108. The second-order valence-electron chi connectivity index (χ2n) is 8.32. The van der Waals surface area contributed by atoms with Gasteiger partial charge in [-0.15, -0.1) is 0 Å². The summed E-state index contributed by atoms with van der Waals surface area (Å²) in [6, 6.07) is 13.9. The molecule has 2 aromatic carbocycles. The van der Waals surface area contributed by atoms with Gasteiger partial charge in [0.2, 0.25) is 11.9 Å². The number of carbonyl (C=O) groups excluding carboxylic acids is 1. The van der Waals surface area contributed by atoms with Gasteiger partial charge in [0, 0.05) is 49.2 Å². The van der Waals surface area contributed by atoms with Crippen molar-refractivity contribution in [1.82, 2.24) is 15.3 Å². The van der Waals surface area contributed by atoms with E-state index < -0.39 is 0 Å². The third kappa shape index (κ3) is 5.42. The molecular formula is C26H30N4O3. The van der Waals surface area contributed by atoms with E-state index in [4.69, 9.17) is 9.47 Å². The van der Waals surface area contributed by atoms with E-state index in [1.54, 1.807) is 14.2 Å². The summed E-state index contributed by atoms with van der Waals surface area (Å²) in [5.41, 5.74) is 4.21. The maximum absolute atomic E-state index is 12.9. The fraction of sp³-hybridized carbons (Fsp3) is 0.346. The van der Waals surface area contributed by atoms with Crippen LogP contribution in [0.5, 0.6) is 11.5 Å². The van der Waals surface area contributed by atoms with Gasteiger partial charge in [0.1, 0.15) is 11.5 Å². The van der Waals surface area contributed by atoms with Gasteiger partial charge in [-0.1, -0.05) is 29.8 Å². The Labute approximate surface area is 194 Å². The fourth-order valence-corrected chi connectivity index (χ4v) is 4.08. The van der Waals surface area contributed by atoms with E-state index in [2.05, 4.69) is 51.4 Å². The van der Waals surface area contributed by atoms with Crippen LogP contribution in [0.2, 0.25) is 0 Å². The number of benzene rings is 2. The molecule has 0 bridgehead atoms. The van der Waals surface area contributed by atoms with Gasteiger partial charge in [-0.3, -0.25) is 4.79 Å². The standard InChI is InChI=1S/C26H30N4O3/c1-18-6-8-19(9-7-18)22-15-28-26(29-16-22)30-12-4-5-21(17-30)25(31)27-14-20-10-11-23(32-2)13-24(20)33-3/h6-11,13,15-16,21H,4-5,12,14,17H2,1-3H3,(H,27,31). The van der Waals surface area contributed by atoms with E-state index in [-0.39, 0.29) is 11.8 Å². The Morgan fingerprint density at radius 2 is 1.82 bits per heavy atom. The topological polar surface area (TPSA) is 76.6 Å². The second-order valence-corrected chi connectivity index (χ2v) is 8.32. The molecule has 1 aliphatic heterocycles. The number of hydrogen-bond acceptors (Lipinski definition) is 6. The van der Waals surface area contributed by atoms with Crippen LogP contribution in [0, 0.1) is 12.8 Å². The summed E-state index contributed by atoms with van der Waals surface area (Å²) in [5.74, 6) is 2.01. The molecule has 1 aromatic heterocycles. The van der Waals surface area contributed by atoms with Crippen molar-refractivity contribution in [3.8, 4) is 22.6 Å². The van der Waals surface area contributed by atoms with Crippen molar-refractivity contribution < 1.29 is 14.3 Å². The van der Waals surface area contributed by atoms with Gasteiger partial charge in [0.05, 0.1) is 20.1 Å². The largest absolute Gasteiger partial charge is 0.497 e. The molecule has 1 atom stereocenters. The van der Waals surface area contributed by atoms with Crippen molar-refractivity contribution in [2.45, 2.75) is 26.3 Å². The molecule has 3 aromatic rings. The molecule has 172 valence electrons. The molecule has 2 heterocycles. The number of anilines is 1. The van der Waals surface area contributed by atoms with Gasteiger partial charge in [-0.2, -0.15) is 0 Å². The molecular weight excluding hydrogens is 416 g/mol. The highest BCUT2D eigenvalue weighted by atomic mass is 16.5. The minimum Gasteiger partial charge on any atom is -0.497 e. The number of rotatable bonds is 7. The molecule has 0 spiro atoms. The molecule has 4 rings (SSSR count). The highest BCUT2D eigenvalue weighted by Crippen LogP contribution is 2.26. The Balaban J connectivity index is 1.37. The average Bonchev–Trinajstić information content (AvgIpc) is 2.87. The Morgan fingerprint density at radius 1 is 1.06 bits per heavy atom. The lowest BCUT2D eigenvalue weighted by atomic mass is 9.97. The first kappa shape index (κ1) is 22.6. The van der Waals surface area contributed by atoms with Crippen LogP contribution in [0.15, 0.2) is 54.9 Å². The average molecular weight is 447 g/mol. The number of aromatic nitrogens is 2. The molecule has 1 fully saturated rings. The van der Waals surface area contributed by atoms with Crippen molar-refractivity contribution in [2.24, 2.45) is 5.92 Å². The Bertz CT molecular complexity index is 1080. The Hall–Kier alpha value is -3.61.